The number of rotatable bonds is 4. The van der Waals surface area contributed by atoms with Crippen molar-refractivity contribution in [2.24, 2.45) is 0 Å². The summed E-state index contributed by atoms with van der Waals surface area (Å²) in [6, 6.07) is 12.3. The Labute approximate surface area is 125 Å². The molecule has 6 heteroatoms. The molecule has 0 spiro atoms. The van der Waals surface area contributed by atoms with Crippen LogP contribution >= 0.6 is 0 Å². The number of hydrogen-bond acceptors (Lipinski definition) is 3. The molecule has 0 aliphatic rings. The van der Waals surface area contributed by atoms with Gasteiger partial charge in [-0.25, -0.2) is 0 Å². The molecule has 3 nitrogen and oxygen atoms in total. The van der Waals surface area contributed by atoms with Crippen molar-refractivity contribution in [1.29, 1.82) is 5.26 Å². The Morgan fingerprint density at radius 3 is 2.23 bits per heavy atom. The number of nitriles is 1. The third-order valence-corrected chi connectivity index (χ3v) is 2.82. The van der Waals surface area contributed by atoms with Crippen LogP contribution in [0.25, 0.3) is 11.1 Å². The minimum absolute atomic E-state index is 0.263. The highest BCUT2D eigenvalue weighted by molar-refractivity contribution is 5.72. The molecule has 2 aromatic carbocycles. The number of benzene rings is 2. The molecule has 0 aliphatic carbocycles. The maximum absolute atomic E-state index is 12.3. The third-order valence-electron chi connectivity index (χ3n) is 2.82. The number of hydrogen-bond donors (Lipinski definition) is 0. The standard InChI is InChI=1S/C16H12F3NO2/c1-2-21-13-6-3-11(4-7-13)15-9-14(22-16(17,18)19)8-5-12(15)10-20/h3-9H,2H2,1H3. The summed E-state index contributed by atoms with van der Waals surface area (Å²) in [5.74, 6) is 0.280. The number of nitrogens with zero attached hydrogens (tertiary/aromatic N) is 1. The molecule has 0 atom stereocenters. The minimum atomic E-state index is -4.77. The number of alkyl halides is 3. The van der Waals surface area contributed by atoms with Crippen LogP contribution < -0.4 is 9.47 Å². The van der Waals surface area contributed by atoms with E-state index >= 15 is 0 Å². The lowest BCUT2D eigenvalue weighted by Gasteiger charge is -2.12. The zero-order valence-electron chi connectivity index (χ0n) is 11.6. The number of halogens is 3. The number of ether oxygens (including phenoxy) is 2. The van der Waals surface area contributed by atoms with Gasteiger partial charge in [-0.2, -0.15) is 5.26 Å². The van der Waals surface area contributed by atoms with Gasteiger partial charge in [0.2, 0.25) is 0 Å². The summed E-state index contributed by atoms with van der Waals surface area (Å²) in [6.45, 7) is 2.36. The Hall–Kier alpha value is -2.68. The maximum atomic E-state index is 12.3. The van der Waals surface area contributed by atoms with E-state index in [1.165, 1.54) is 12.1 Å². The van der Waals surface area contributed by atoms with E-state index < -0.39 is 6.36 Å². The van der Waals surface area contributed by atoms with Crippen LogP contribution in [0.5, 0.6) is 11.5 Å². The second-order valence-corrected chi connectivity index (χ2v) is 4.32. The quantitative estimate of drug-likeness (QED) is 0.834. The van der Waals surface area contributed by atoms with Gasteiger partial charge in [-0.05, 0) is 42.8 Å². The average molecular weight is 307 g/mol. The summed E-state index contributed by atoms with van der Waals surface area (Å²) in [7, 11) is 0. The maximum Gasteiger partial charge on any atom is 0.573 e. The van der Waals surface area contributed by atoms with Crippen molar-refractivity contribution >= 4 is 0 Å². The van der Waals surface area contributed by atoms with Crippen molar-refractivity contribution in [3.63, 3.8) is 0 Å². The SMILES string of the molecule is CCOc1ccc(-c2cc(OC(F)(F)F)ccc2C#N)cc1. The lowest BCUT2D eigenvalue weighted by molar-refractivity contribution is -0.274. The van der Waals surface area contributed by atoms with Gasteiger partial charge < -0.3 is 9.47 Å². The van der Waals surface area contributed by atoms with Crippen LogP contribution in [0.3, 0.4) is 0 Å². The van der Waals surface area contributed by atoms with E-state index in [4.69, 9.17) is 10.00 Å². The molecule has 0 heterocycles. The summed E-state index contributed by atoms with van der Waals surface area (Å²) < 4.78 is 46.1. The zero-order chi connectivity index (χ0) is 16.2. The summed E-state index contributed by atoms with van der Waals surface area (Å²) in [5, 5.41) is 9.10. The Bertz CT molecular complexity index is 688. The topological polar surface area (TPSA) is 42.2 Å². The predicted octanol–water partition coefficient (Wildman–Crippen LogP) is 4.52. The Kier molecular flexibility index (Phi) is 4.56. The highest BCUT2D eigenvalue weighted by Gasteiger charge is 2.31. The highest BCUT2D eigenvalue weighted by atomic mass is 19.4. The molecule has 0 N–H and O–H groups in total. The summed E-state index contributed by atoms with van der Waals surface area (Å²) >= 11 is 0. The largest absolute Gasteiger partial charge is 0.573 e. The minimum Gasteiger partial charge on any atom is -0.494 e. The highest BCUT2D eigenvalue weighted by Crippen LogP contribution is 2.31. The molecular formula is C16H12F3NO2. The van der Waals surface area contributed by atoms with Crippen LogP contribution in [0.2, 0.25) is 0 Å². The first-order chi connectivity index (χ1) is 10.4. The van der Waals surface area contributed by atoms with Crippen molar-refractivity contribution < 1.29 is 22.6 Å². The monoisotopic (exact) mass is 307 g/mol. The van der Waals surface area contributed by atoms with Crippen molar-refractivity contribution in [3.8, 4) is 28.7 Å². The van der Waals surface area contributed by atoms with Crippen LogP contribution in [-0.4, -0.2) is 13.0 Å². The normalized spacial score (nSPS) is 10.9. The second kappa shape index (κ2) is 6.39. The molecule has 22 heavy (non-hydrogen) atoms. The molecule has 0 saturated carbocycles. The molecular weight excluding hydrogens is 295 g/mol. The van der Waals surface area contributed by atoms with E-state index in [-0.39, 0.29) is 11.3 Å². The third kappa shape index (κ3) is 3.92. The predicted molar refractivity (Wildman–Crippen MR) is 74.4 cm³/mol. The average Bonchev–Trinajstić information content (AvgIpc) is 2.47. The van der Waals surface area contributed by atoms with E-state index in [1.807, 2.05) is 13.0 Å². The van der Waals surface area contributed by atoms with Crippen LogP contribution in [0.15, 0.2) is 42.5 Å². The molecule has 0 aromatic heterocycles. The molecule has 0 aliphatic heterocycles. The molecule has 0 saturated heterocycles. The molecule has 2 rings (SSSR count). The fourth-order valence-electron chi connectivity index (χ4n) is 1.95. The van der Waals surface area contributed by atoms with Gasteiger partial charge in [0.15, 0.2) is 0 Å². The van der Waals surface area contributed by atoms with Crippen LogP contribution in [0.1, 0.15) is 12.5 Å². The molecule has 0 fully saturated rings. The molecule has 0 radical (unpaired) electrons. The van der Waals surface area contributed by atoms with Crippen molar-refractivity contribution in [3.05, 3.63) is 48.0 Å². The Morgan fingerprint density at radius 1 is 1.05 bits per heavy atom. The van der Waals surface area contributed by atoms with Gasteiger partial charge in [-0.3, -0.25) is 0 Å². The Morgan fingerprint density at radius 2 is 1.68 bits per heavy atom. The van der Waals surface area contributed by atoms with Crippen molar-refractivity contribution in [2.45, 2.75) is 13.3 Å². The van der Waals surface area contributed by atoms with E-state index in [2.05, 4.69) is 4.74 Å². The molecule has 2 aromatic rings. The fourth-order valence-corrected chi connectivity index (χ4v) is 1.95. The van der Waals surface area contributed by atoms with Crippen LogP contribution in [-0.2, 0) is 0 Å². The molecule has 0 unspecified atom stereocenters. The van der Waals surface area contributed by atoms with Gasteiger partial charge in [-0.15, -0.1) is 13.2 Å². The van der Waals surface area contributed by atoms with Crippen molar-refractivity contribution in [2.75, 3.05) is 6.61 Å². The first kappa shape index (κ1) is 15.7. The van der Waals surface area contributed by atoms with Gasteiger partial charge in [0.25, 0.3) is 0 Å². The van der Waals surface area contributed by atoms with Crippen LogP contribution in [0, 0.1) is 11.3 Å². The fraction of sp³-hybridized carbons (Fsp3) is 0.188. The first-order valence-corrected chi connectivity index (χ1v) is 6.46. The van der Waals surface area contributed by atoms with Gasteiger partial charge in [0.1, 0.15) is 11.5 Å². The second-order valence-electron chi connectivity index (χ2n) is 4.32. The molecule has 114 valence electrons. The summed E-state index contributed by atoms with van der Waals surface area (Å²) in [4.78, 5) is 0. The van der Waals surface area contributed by atoms with E-state index in [0.29, 0.717) is 23.5 Å². The van der Waals surface area contributed by atoms with E-state index in [9.17, 15) is 13.2 Å². The van der Waals surface area contributed by atoms with Gasteiger partial charge in [0.05, 0.1) is 18.2 Å². The molecule has 0 bridgehead atoms. The van der Waals surface area contributed by atoms with Gasteiger partial charge >= 0.3 is 6.36 Å². The van der Waals surface area contributed by atoms with E-state index in [1.54, 1.807) is 24.3 Å². The zero-order valence-corrected chi connectivity index (χ0v) is 11.6. The Balaban J connectivity index is 2.39. The van der Waals surface area contributed by atoms with Gasteiger partial charge in [-0.1, -0.05) is 12.1 Å². The summed E-state index contributed by atoms with van der Waals surface area (Å²) in [5.41, 5.74) is 1.23. The van der Waals surface area contributed by atoms with Crippen molar-refractivity contribution in [1.82, 2.24) is 0 Å². The first-order valence-electron chi connectivity index (χ1n) is 6.46. The van der Waals surface area contributed by atoms with Crippen LogP contribution in [0.4, 0.5) is 13.2 Å². The lowest BCUT2D eigenvalue weighted by Crippen LogP contribution is -2.17. The van der Waals surface area contributed by atoms with E-state index in [0.717, 1.165) is 6.07 Å². The lowest BCUT2D eigenvalue weighted by atomic mass is 10.00. The van der Waals surface area contributed by atoms with Gasteiger partial charge in [0, 0.05) is 5.56 Å². The molecule has 0 amide bonds. The smallest absolute Gasteiger partial charge is 0.494 e. The summed E-state index contributed by atoms with van der Waals surface area (Å²) in [6.07, 6.45) is -4.77.